The average Bonchev–Trinajstić information content (AvgIpc) is 2.75. The molecule has 3 heteroatoms. The molecule has 4 fully saturated rings. The molecule has 0 amide bonds. The number of nitrogens with two attached hydrogens (primary N) is 1. The maximum atomic E-state index is 5.83. The van der Waals surface area contributed by atoms with Gasteiger partial charge in [-0.25, -0.2) is 0 Å². The van der Waals surface area contributed by atoms with Crippen molar-refractivity contribution in [2.75, 3.05) is 0 Å². The number of nitrogens with zero attached hydrogens (tertiary/aromatic N) is 2. The summed E-state index contributed by atoms with van der Waals surface area (Å²) in [7, 11) is 0. The van der Waals surface area contributed by atoms with E-state index in [1.807, 2.05) is 6.20 Å². The molecule has 2 N–H and O–H groups in total. The number of rotatable bonds is 2. The van der Waals surface area contributed by atoms with Gasteiger partial charge >= 0.3 is 0 Å². The van der Waals surface area contributed by atoms with Crippen LogP contribution in [-0.4, -0.2) is 9.78 Å². The number of aromatic nitrogens is 2. The largest absolute Gasteiger partial charge is 0.325 e. The lowest BCUT2D eigenvalue weighted by Gasteiger charge is -2.54. The Morgan fingerprint density at radius 2 is 1.76 bits per heavy atom. The summed E-state index contributed by atoms with van der Waals surface area (Å²) in [6.45, 7) is 0.628. The maximum Gasteiger partial charge on any atom is 0.0579 e. The minimum Gasteiger partial charge on any atom is -0.325 e. The van der Waals surface area contributed by atoms with Crippen LogP contribution in [0.4, 0.5) is 0 Å². The normalized spacial score (nSPS) is 43.2. The first-order valence-corrected chi connectivity index (χ1v) is 7.07. The highest BCUT2D eigenvalue weighted by Crippen LogP contribution is 2.58. The monoisotopic (exact) mass is 231 g/mol. The molecule has 0 spiro atoms. The van der Waals surface area contributed by atoms with E-state index < -0.39 is 0 Å². The molecule has 17 heavy (non-hydrogen) atoms. The molecule has 0 atom stereocenters. The van der Waals surface area contributed by atoms with Crippen molar-refractivity contribution in [2.24, 2.45) is 29.4 Å². The molecule has 5 rings (SSSR count). The van der Waals surface area contributed by atoms with E-state index in [1.54, 1.807) is 0 Å². The fraction of sp³-hybridized carbons (Fsp3) is 0.786. The smallest absolute Gasteiger partial charge is 0.0579 e. The summed E-state index contributed by atoms with van der Waals surface area (Å²) >= 11 is 0. The summed E-state index contributed by atoms with van der Waals surface area (Å²) < 4.78 is 2.27. The molecule has 0 aliphatic heterocycles. The van der Waals surface area contributed by atoms with Gasteiger partial charge in [0.25, 0.3) is 0 Å². The molecule has 3 nitrogen and oxygen atoms in total. The van der Waals surface area contributed by atoms with Gasteiger partial charge in [-0.3, -0.25) is 4.68 Å². The van der Waals surface area contributed by atoms with Crippen molar-refractivity contribution < 1.29 is 0 Å². The van der Waals surface area contributed by atoms with Gasteiger partial charge in [-0.2, -0.15) is 5.10 Å². The number of hydrogen-bond acceptors (Lipinski definition) is 2. The molecule has 92 valence electrons. The van der Waals surface area contributed by atoms with Gasteiger partial charge in [-0.1, -0.05) is 0 Å². The first-order valence-electron chi connectivity index (χ1n) is 7.07. The molecule has 4 saturated carbocycles. The van der Waals surface area contributed by atoms with E-state index in [0.717, 1.165) is 23.7 Å². The van der Waals surface area contributed by atoms with Gasteiger partial charge in [0.05, 0.1) is 11.7 Å². The Hall–Kier alpha value is -0.830. The van der Waals surface area contributed by atoms with Crippen molar-refractivity contribution >= 4 is 0 Å². The Bertz CT molecular complexity index is 395. The first kappa shape index (κ1) is 10.1. The molecule has 1 heterocycles. The summed E-state index contributed by atoms with van der Waals surface area (Å²) in [5.41, 5.74) is 7.05. The van der Waals surface area contributed by atoms with Gasteiger partial charge in [0, 0.05) is 12.7 Å². The lowest BCUT2D eigenvalue weighted by molar-refractivity contribution is -0.0346. The van der Waals surface area contributed by atoms with Crippen LogP contribution in [0.15, 0.2) is 12.3 Å². The summed E-state index contributed by atoms with van der Waals surface area (Å²) in [4.78, 5) is 0. The van der Waals surface area contributed by atoms with E-state index in [0.29, 0.717) is 12.6 Å². The molecular formula is C14H21N3. The molecule has 0 saturated heterocycles. The van der Waals surface area contributed by atoms with E-state index in [2.05, 4.69) is 15.8 Å². The molecule has 0 radical (unpaired) electrons. The Morgan fingerprint density at radius 3 is 2.35 bits per heavy atom. The van der Waals surface area contributed by atoms with Gasteiger partial charge in [-0.15, -0.1) is 0 Å². The molecule has 0 unspecified atom stereocenters. The third-order valence-electron chi connectivity index (χ3n) is 5.42. The molecule has 4 aliphatic rings. The van der Waals surface area contributed by atoms with Crippen LogP contribution in [0.5, 0.6) is 0 Å². The van der Waals surface area contributed by atoms with Crippen molar-refractivity contribution in [3.63, 3.8) is 0 Å². The predicted octanol–water partition coefficient (Wildman–Crippen LogP) is 2.34. The summed E-state index contributed by atoms with van der Waals surface area (Å²) in [5.74, 6) is 3.84. The van der Waals surface area contributed by atoms with Gasteiger partial charge in [0.2, 0.25) is 0 Å². The summed E-state index contributed by atoms with van der Waals surface area (Å²) in [6.07, 6.45) is 9.22. The molecule has 1 aromatic heterocycles. The third kappa shape index (κ3) is 1.41. The van der Waals surface area contributed by atoms with Crippen LogP contribution in [0.1, 0.15) is 43.8 Å². The van der Waals surface area contributed by atoms with E-state index >= 15 is 0 Å². The molecule has 1 aromatic rings. The standard InChI is InChI=1S/C14H21N3/c15-8-13-1-2-16-17(13)14-11-4-9-3-10(6-11)7-12(14)5-9/h1-2,9-12,14H,3-8,15H2. The highest BCUT2D eigenvalue weighted by Gasteiger charge is 2.49. The average molecular weight is 231 g/mol. The first-order chi connectivity index (χ1) is 8.35. The van der Waals surface area contributed by atoms with Crippen LogP contribution in [0.2, 0.25) is 0 Å². The van der Waals surface area contributed by atoms with Crippen LogP contribution in [0, 0.1) is 23.7 Å². The Labute approximate surface area is 102 Å². The molecule has 4 bridgehead atoms. The zero-order chi connectivity index (χ0) is 11.4. The van der Waals surface area contributed by atoms with Crippen molar-refractivity contribution in [1.82, 2.24) is 9.78 Å². The minimum atomic E-state index is 0.628. The zero-order valence-electron chi connectivity index (χ0n) is 10.3. The van der Waals surface area contributed by atoms with Crippen molar-refractivity contribution in [3.8, 4) is 0 Å². The van der Waals surface area contributed by atoms with Crippen LogP contribution < -0.4 is 5.73 Å². The minimum absolute atomic E-state index is 0.628. The molecular weight excluding hydrogens is 210 g/mol. The predicted molar refractivity (Wildman–Crippen MR) is 66.2 cm³/mol. The Morgan fingerprint density at radius 1 is 1.12 bits per heavy atom. The zero-order valence-corrected chi connectivity index (χ0v) is 10.3. The van der Waals surface area contributed by atoms with Crippen LogP contribution in [-0.2, 0) is 6.54 Å². The van der Waals surface area contributed by atoms with Crippen LogP contribution in [0.3, 0.4) is 0 Å². The second-order valence-electron chi connectivity index (χ2n) is 6.39. The maximum absolute atomic E-state index is 5.83. The highest BCUT2D eigenvalue weighted by molar-refractivity contribution is 5.07. The van der Waals surface area contributed by atoms with Crippen molar-refractivity contribution in [3.05, 3.63) is 18.0 Å². The fourth-order valence-electron chi connectivity index (χ4n) is 5.07. The number of hydrogen-bond donors (Lipinski definition) is 1. The van der Waals surface area contributed by atoms with Crippen LogP contribution in [0.25, 0.3) is 0 Å². The SMILES string of the molecule is NCc1ccnn1C1C2CC3CC(C2)CC1C3. The van der Waals surface area contributed by atoms with Gasteiger partial charge in [0.1, 0.15) is 0 Å². The van der Waals surface area contributed by atoms with Crippen molar-refractivity contribution in [2.45, 2.75) is 44.7 Å². The third-order valence-corrected chi connectivity index (χ3v) is 5.42. The summed E-state index contributed by atoms with van der Waals surface area (Å²) in [6, 6.07) is 2.75. The van der Waals surface area contributed by atoms with Gasteiger partial charge in [0.15, 0.2) is 0 Å². The van der Waals surface area contributed by atoms with Gasteiger partial charge in [-0.05, 0) is 61.8 Å². The van der Waals surface area contributed by atoms with Gasteiger partial charge < -0.3 is 5.73 Å². The second-order valence-corrected chi connectivity index (χ2v) is 6.39. The van der Waals surface area contributed by atoms with E-state index in [1.165, 1.54) is 37.8 Å². The molecule has 4 aliphatic carbocycles. The fourth-order valence-corrected chi connectivity index (χ4v) is 5.07. The Kier molecular flexibility index (Phi) is 2.13. The summed E-state index contributed by atoms with van der Waals surface area (Å²) in [5, 5.41) is 4.57. The molecule has 0 aromatic carbocycles. The van der Waals surface area contributed by atoms with Crippen molar-refractivity contribution in [1.29, 1.82) is 0 Å². The highest BCUT2D eigenvalue weighted by atomic mass is 15.3. The second kappa shape index (κ2) is 3.58. The van der Waals surface area contributed by atoms with E-state index in [4.69, 9.17) is 5.73 Å². The van der Waals surface area contributed by atoms with E-state index in [-0.39, 0.29) is 0 Å². The van der Waals surface area contributed by atoms with E-state index in [9.17, 15) is 0 Å². The topological polar surface area (TPSA) is 43.8 Å². The lowest BCUT2D eigenvalue weighted by Crippen LogP contribution is -2.46. The lowest BCUT2D eigenvalue weighted by atomic mass is 9.54. The quantitative estimate of drug-likeness (QED) is 0.849. The van der Waals surface area contributed by atoms with Crippen LogP contribution >= 0.6 is 0 Å². The Balaban J connectivity index is 1.70.